The first-order chi connectivity index (χ1) is 13.1. The summed E-state index contributed by atoms with van der Waals surface area (Å²) in [4.78, 5) is 25.4. The van der Waals surface area contributed by atoms with E-state index >= 15 is 0 Å². The Balaban J connectivity index is 1.45. The van der Waals surface area contributed by atoms with Crippen molar-refractivity contribution < 1.29 is 4.79 Å². The van der Waals surface area contributed by atoms with Crippen LogP contribution >= 0.6 is 0 Å². The summed E-state index contributed by atoms with van der Waals surface area (Å²) in [5.74, 6) is 2.90. The molecule has 0 N–H and O–H groups in total. The van der Waals surface area contributed by atoms with Gasteiger partial charge in [0.2, 0.25) is 0 Å². The Morgan fingerprint density at radius 1 is 1.11 bits per heavy atom. The second-order valence-electron chi connectivity index (χ2n) is 7.63. The summed E-state index contributed by atoms with van der Waals surface area (Å²) in [7, 11) is 2.05. The number of nitrogens with zero attached hydrogens (tertiary/aromatic N) is 7. The second-order valence-corrected chi connectivity index (χ2v) is 7.63. The van der Waals surface area contributed by atoms with E-state index in [2.05, 4.69) is 36.7 Å². The normalized spacial score (nSPS) is 21.0. The van der Waals surface area contributed by atoms with Crippen molar-refractivity contribution in [1.29, 1.82) is 0 Å². The van der Waals surface area contributed by atoms with Crippen molar-refractivity contribution in [3.8, 4) is 0 Å². The first-order valence-corrected chi connectivity index (χ1v) is 9.80. The van der Waals surface area contributed by atoms with E-state index in [1.54, 1.807) is 12.4 Å². The van der Waals surface area contributed by atoms with Gasteiger partial charge in [0, 0.05) is 38.4 Å². The van der Waals surface area contributed by atoms with Gasteiger partial charge in [0.1, 0.15) is 17.5 Å². The third-order valence-electron chi connectivity index (χ3n) is 5.66. The molecule has 144 valence electrons. The maximum Gasteiger partial charge on any atom is 0.257 e. The van der Waals surface area contributed by atoms with Gasteiger partial charge in [0.15, 0.2) is 0 Å². The summed E-state index contributed by atoms with van der Waals surface area (Å²) < 4.78 is 2.13. The van der Waals surface area contributed by atoms with E-state index in [4.69, 9.17) is 0 Å². The van der Waals surface area contributed by atoms with E-state index in [0.717, 1.165) is 50.7 Å². The molecule has 0 radical (unpaired) electrons. The molecule has 0 spiro atoms. The van der Waals surface area contributed by atoms with Crippen LogP contribution in [-0.2, 0) is 13.6 Å². The monoisotopic (exact) mass is 369 g/mol. The largest absolute Gasteiger partial charge is 0.338 e. The van der Waals surface area contributed by atoms with E-state index in [1.807, 2.05) is 11.8 Å². The fourth-order valence-electron chi connectivity index (χ4n) is 4.07. The molecule has 2 saturated heterocycles. The van der Waals surface area contributed by atoms with Gasteiger partial charge in [0.05, 0.1) is 12.1 Å². The Labute approximate surface area is 159 Å². The minimum atomic E-state index is -0.000779. The quantitative estimate of drug-likeness (QED) is 0.813. The van der Waals surface area contributed by atoms with Crippen LogP contribution in [0.4, 0.5) is 0 Å². The molecular weight excluding hydrogens is 342 g/mol. The van der Waals surface area contributed by atoms with Crippen LogP contribution < -0.4 is 0 Å². The van der Waals surface area contributed by atoms with Crippen LogP contribution in [0.2, 0.25) is 0 Å². The number of aryl methyl sites for hydroxylation is 1. The molecule has 1 atom stereocenters. The highest BCUT2D eigenvalue weighted by molar-refractivity contribution is 5.93. The van der Waals surface area contributed by atoms with Gasteiger partial charge in [0.25, 0.3) is 5.91 Å². The molecule has 2 aliphatic rings. The Hall–Kier alpha value is -2.35. The zero-order valence-electron chi connectivity index (χ0n) is 16.1. The fourth-order valence-corrected chi connectivity index (χ4v) is 4.07. The molecule has 2 aliphatic heterocycles. The third-order valence-corrected chi connectivity index (χ3v) is 5.66. The number of carbonyl (C=O) groups excluding carboxylic acids is 1. The lowest BCUT2D eigenvalue weighted by molar-refractivity contribution is 0.0702. The van der Waals surface area contributed by atoms with Crippen molar-refractivity contribution >= 4 is 5.91 Å². The van der Waals surface area contributed by atoms with Crippen LogP contribution in [0.5, 0.6) is 0 Å². The van der Waals surface area contributed by atoms with Gasteiger partial charge in [-0.05, 0) is 45.7 Å². The third kappa shape index (κ3) is 3.85. The predicted octanol–water partition coefficient (Wildman–Crippen LogP) is 1.53. The zero-order valence-corrected chi connectivity index (χ0v) is 16.1. The molecule has 4 rings (SSSR count). The summed E-state index contributed by atoms with van der Waals surface area (Å²) in [6, 6.07) is 0. The molecule has 0 aliphatic carbocycles. The summed E-state index contributed by atoms with van der Waals surface area (Å²) in [5.41, 5.74) is 0.550. The number of carbonyl (C=O) groups is 1. The summed E-state index contributed by atoms with van der Waals surface area (Å²) in [5, 5.41) is 8.92. The molecule has 0 bridgehead atoms. The lowest BCUT2D eigenvalue weighted by Gasteiger charge is -2.32. The van der Waals surface area contributed by atoms with Crippen molar-refractivity contribution in [2.45, 2.75) is 45.1 Å². The number of rotatable bonds is 4. The van der Waals surface area contributed by atoms with E-state index < -0.39 is 0 Å². The average Bonchev–Trinajstić information content (AvgIpc) is 3.33. The molecule has 4 heterocycles. The highest BCUT2D eigenvalue weighted by Gasteiger charge is 2.29. The number of amides is 1. The van der Waals surface area contributed by atoms with Crippen LogP contribution in [0.3, 0.4) is 0 Å². The van der Waals surface area contributed by atoms with Gasteiger partial charge < -0.3 is 9.47 Å². The van der Waals surface area contributed by atoms with Crippen molar-refractivity contribution in [1.82, 2.24) is 34.5 Å². The molecule has 2 fully saturated rings. The van der Waals surface area contributed by atoms with E-state index in [-0.39, 0.29) is 11.8 Å². The second kappa shape index (κ2) is 7.72. The number of likely N-dealkylation sites (tertiary alicyclic amines) is 2. The topological polar surface area (TPSA) is 80.0 Å². The van der Waals surface area contributed by atoms with Crippen LogP contribution in [0.1, 0.15) is 59.4 Å². The molecule has 8 heteroatoms. The first kappa shape index (κ1) is 18.0. The Kier molecular flexibility index (Phi) is 5.15. The standard InChI is InChI=1S/C19H27N7O/c1-14-20-10-16(11-21-14)19(27)26-9-5-6-15(12-26)18-23-22-17(24(18)2)13-25-7-3-4-8-25/h10-11,15H,3-9,12-13H2,1-2H3. The SMILES string of the molecule is Cc1ncc(C(=O)N2CCCC(c3nnc(CN4CCCC4)n3C)C2)cn1. The van der Waals surface area contributed by atoms with Gasteiger partial charge in [-0.3, -0.25) is 9.69 Å². The summed E-state index contributed by atoms with van der Waals surface area (Å²) in [6.07, 6.45) is 7.77. The lowest BCUT2D eigenvalue weighted by atomic mass is 9.96. The Bertz CT molecular complexity index is 795. The van der Waals surface area contributed by atoms with E-state index in [1.165, 1.54) is 12.8 Å². The minimum absolute atomic E-state index is 0.000779. The molecule has 0 saturated carbocycles. The molecule has 2 aromatic rings. The van der Waals surface area contributed by atoms with Gasteiger partial charge in [-0.25, -0.2) is 9.97 Å². The predicted molar refractivity (Wildman–Crippen MR) is 100 cm³/mol. The highest BCUT2D eigenvalue weighted by atomic mass is 16.2. The van der Waals surface area contributed by atoms with Crippen LogP contribution in [0, 0.1) is 6.92 Å². The number of hydrogen-bond acceptors (Lipinski definition) is 6. The van der Waals surface area contributed by atoms with Crippen LogP contribution in [0.25, 0.3) is 0 Å². The van der Waals surface area contributed by atoms with Gasteiger partial charge in [-0.15, -0.1) is 10.2 Å². The highest BCUT2D eigenvalue weighted by Crippen LogP contribution is 2.27. The minimum Gasteiger partial charge on any atom is -0.338 e. The molecule has 1 unspecified atom stereocenters. The van der Waals surface area contributed by atoms with Crippen molar-refractivity contribution in [3.05, 3.63) is 35.4 Å². The van der Waals surface area contributed by atoms with Crippen molar-refractivity contribution in [3.63, 3.8) is 0 Å². The molecular formula is C19H27N7O. The van der Waals surface area contributed by atoms with Crippen LogP contribution in [-0.4, -0.2) is 66.6 Å². The first-order valence-electron chi connectivity index (χ1n) is 9.80. The number of hydrogen-bond donors (Lipinski definition) is 0. The van der Waals surface area contributed by atoms with Crippen molar-refractivity contribution in [2.24, 2.45) is 7.05 Å². The van der Waals surface area contributed by atoms with Gasteiger partial charge >= 0.3 is 0 Å². The summed E-state index contributed by atoms with van der Waals surface area (Å²) >= 11 is 0. The number of aromatic nitrogens is 5. The zero-order chi connectivity index (χ0) is 18.8. The molecule has 8 nitrogen and oxygen atoms in total. The molecule has 1 amide bonds. The van der Waals surface area contributed by atoms with Crippen LogP contribution in [0.15, 0.2) is 12.4 Å². The molecule has 0 aromatic carbocycles. The van der Waals surface area contributed by atoms with Gasteiger partial charge in [-0.2, -0.15) is 0 Å². The maximum atomic E-state index is 12.8. The molecule has 2 aromatic heterocycles. The number of piperidine rings is 1. The average molecular weight is 369 g/mol. The fraction of sp³-hybridized carbons (Fsp3) is 0.632. The Morgan fingerprint density at radius 2 is 1.85 bits per heavy atom. The smallest absolute Gasteiger partial charge is 0.257 e. The van der Waals surface area contributed by atoms with Gasteiger partial charge in [-0.1, -0.05) is 0 Å². The van der Waals surface area contributed by atoms with E-state index in [9.17, 15) is 4.79 Å². The van der Waals surface area contributed by atoms with Crippen molar-refractivity contribution in [2.75, 3.05) is 26.2 Å². The maximum absolute atomic E-state index is 12.8. The van der Waals surface area contributed by atoms with E-state index in [0.29, 0.717) is 17.9 Å². The Morgan fingerprint density at radius 3 is 2.59 bits per heavy atom. The lowest BCUT2D eigenvalue weighted by Crippen LogP contribution is -2.39. The summed E-state index contributed by atoms with van der Waals surface area (Å²) in [6.45, 7) is 6.40. The molecule has 27 heavy (non-hydrogen) atoms.